The Morgan fingerprint density at radius 1 is 0.833 bits per heavy atom. The quantitative estimate of drug-likeness (QED) is 0.494. The van der Waals surface area contributed by atoms with E-state index in [1.54, 1.807) is 19.2 Å². The smallest absolute Gasteiger partial charge is 0.130 e. The Morgan fingerprint density at radius 2 is 1.53 bits per heavy atom. The largest absolute Gasteiger partial charge is 0.497 e. The van der Waals surface area contributed by atoms with E-state index in [2.05, 4.69) is 19.1 Å². The molecule has 1 aliphatic carbocycles. The van der Waals surface area contributed by atoms with E-state index in [0.29, 0.717) is 23.3 Å². The van der Waals surface area contributed by atoms with E-state index >= 15 is 0 Å². The Morgan fingerprint density at radius 3 is 2.23 bits per heavy atom. The zero-order valence-electron chi connectivity index (χ0n) is 17.5. The molecule has 3 aromatic rings. The Kier molecular flexibility index (Phi) is 5.76. The molecule has 0 aliphatic heterocycles. The van der Waals surface area contributed by atoms with E-state index in [-0.39, 0.29) is 29.4 Å². The molecule has 0 saturated carbocycles. The first-order valence-corrected chi connectivity index (χ1v) is 10.3. The van der Waals surface area contributed by atoms with Crippen molar-refractivity contribution < 1.29 is 18.3 Å². The van der Waals surface area contributed by atoms with Gasteiger partial charge in [0.25, 0.3) is 0 Å². The van der Waals surface area contributed by atoms with E-state index < -0.39 is 0 Å². The van der Waals surface area contributed by atoms with Crippen LogP contribution in [0.25, 0.3) is 0 Å². The van der Waals surface area contributed by atoms with E-state index in [1.165, 1.54) is 19.2 Å². The molecule has 0 aromatic heterocycles. The summed E-state index contributed by atoms with van der Waals surface area (Å²) in [6, 6.07) is 18.0. The lowest BCUT2D eigenvalue weighted by molar-refractivity contribution is 0.335. The topological polar surface area (TPSA) is 18.5 Å². The predicted octanol–water partition coefficient (Wildman–Crippen LogP) is 6.28. The zero-order chi connectivity index (χ0) is 21.3. The molecule has 0 amide bonds. The lowest BCUT2D eigenvalue weighted by Gasteiger charge is -2.38. The first-order valence-electron chi connectivity index (χ1n) is 10.3. The van der Waals surface area contributed by atoms with Crippen LogP contribution < -0.4 is 9.47 Å². The molecule has 0 N–H and O–H groups in total. The van der Waals surface area contributed by atoms with E-state index in [9.17, 15) is 8.78 Å². The van der Waals surface area contributed by atoms with Crippen molar-refractivity contribution in [3.8, 4) is 11.5 Å². The summed E-state index contributed by atoms with van der Waals surface area (Å²) < 4.78 is 40.0. The summed E-state index contributed by atoms with van der Waals surface area (Å²) in [4.78, 5) is 0. The molecule has 4 rings (SSSR count). The van der Waals surface area contributed by atoms with Gasteiger partial charge < -0.3 is 9.47 Å². The first-order chi connectivity index (χ1) is 14.5. The monoisotopic (exact) mass is 408 g/mol. The van der Waals surface area contributed by atoms with Gasteiger partial charge >= 0.3 is 0 Å². The minimum atomic E-state index is -0.257. The molecule has 0 bridgehead atoms. The van der Waals surface area contributed by atoms with Gasteiger partial charge in [0.05, 0.1) is 14.2 Å². The van der Waals surface area contributed by atoms with Crippen LogP contribution in [0.5, 0.6) is 11.5 Å². The molecule has 0 heterocycles. The average Bonchev–Trinajstić information content (AvgIpc) is 2.76. The number of hydrogen-bond acceptors (Lipinski definition) is 2. The second kappa shape index (κ2) is 8.47. The van der Waals surface area contributed by atoms with Crippen LogP contribution in [-0.4, -0.2) is 14.2 Å². The minimum absolute atomic E-state index is 0.00595. The molecular weight excluding hydrogens is 382 g/mol. The summed E-state index contributed by atoms with van der Waals surface area (Å²) in [5.41, 5.74) is 3.69. The third-order valence-electron chi connectivity index (χ3n) is 6.47. The summed E-state index contributed by atoms with van der Waals surface area (Å²) >= 11 is 0. The van der Waals surface area contributed by atoms with Crippen LogP contribution in [0.4, 0.5) is 8.78 Å². The molecule has 156 valence electrons. The van der Waals surface area contributed by atoms with Crippen LogP contribution in [-0.2, 0) is 12.8 Å². The van der Waals surface area contributed by atoms with Crippen LogP contribution in [0.3, 0.4) is 0 Å². The lowest BCUT2D eigenvalue weighted by atomic mass is 9.66. The molecule has 4 heteroatoms. The third-order valence-corrected chi connectivity index (χ3v) is 6.47. The van der Waals surface area contributed by atoms with Crippen molar-refractivity contribution >= 4 is 0 Å². The predicted molar refractivity (Wildman–Crippen MR) is 114 cm³/mol. The van der Waals surface area contributed by atoms with E-state index in [1.807, 2.05) is 24.3 Å². The normalized spacial score (nSPS) is 20.5. The highest BCUT2D eigenvalue weighted by Gasteiger charge is 2.36. The lowest BCUT2D eigenvalue weighted by Crippen LogP contribution is -2.28. The number of rotatable bonds is 5. The fourth-order valence-corrected chi connectivity index (χ4v) is 4.74. The number of halogens is 2. The van der Waals surface area contributed by atoms with E-state index in [4.69, 9.17) is 9.47 Å². The third kappa shape index (κ3) is 3.79. The van der Waals surface area contributed by atoms with Gasteiger partial charge in [0, 0.05) is 6.07 Å². The van der Waals surface area contributed by atoms with Gasteiger partial charge in [0.15, 0.2) is 0 Å². The Balaban J connectivity index is 1.78. The van der Waals surface area contributed by atoms with Gasteiger partial charge in [-0.3, -0.25) is 0 Å². The highest BCUT2D eigenvalue weighted by molar-refractivity contribution is 5.44. The van der Waals surface area contributed by atoms with Crippen molar-refractivity contribution in [2.45, 2.75) is 31.6 Å². The van der Waals surface area contributed by atoms with Gasteiger partial charge in [-0.05, 0) is 77.1 Å². The second-order valence-electron chi connectivity index (χ2n) is 8.02. The van der Waals surface area contributed by atoms with Crippen molar-refractivity contribution in [3.63, 3.8) is 0 Å². The van der Waals surface area contributed by atoms with E-state index in [0.717, 1.165) is 23.3 Å². The molecule has 3 aromatic carbocycles. The minimum Gasteiger partial charge on any atom is -0.497 e. The molecule has 0 spiro atoms. The Bertz CT molecular complexity index is 1050. The maximum absolute atomic E-state index is 14.9. The molecule has 0 radical (unpaired) electrons. The maximum Gasteiger partial charge on any atom is 0.130 e. The number of methoxy groups -OCH3 is 2. The van der Waals surface area contributed by atoms with Gasteiger partial charge in [0.2, 0.25) is 0 Å². The molecule has 3 unspecified atom stereocenters. The highest BCUT2D eigenvalue weighted by atomic mass is 19.1. The van der Waals surface area contributed by atoms with Gasteiger partial charge in [-0.1, -0.05) is 37.3 Å². The molecule has 1 aliphatic rings. The number of ether oxygens (including phenoxy) is 2. The van der Waals surface area contributed by atoms with Gasteiger partial charge in [-0.15, -0.1) is 0 Å². The van der Waals surface area contributed by atoms with Gasteiger partial charge in [-0.2, -0.15) is 0 Å². The maximum atomic E-state index is 14.9. The van der Waals surface area contributed by atoms with Crippen molar-refractivity contribution in [3.05, 3.63) is 94.6 Å². The van der Waals surface area contributed by atoms with Crippen LogP contribution in [0.2, 0.25) is 0 Å². The number of benzene rings is 3. The molecule has 0 saturated heterocycles. The van der Waals surface area contributed by atoms with Crippen LogP contribution >= 0.6 is 0 Å². The highest BCUT2D eigenvalue weighted by Crippen LogP contribution is 2.47. The number of fused-ring (bicyclic) bond motifs is 1. The van der Waals surface area contributed by atoms with Gasteiger partial charge in [-0.25, -0.2) is 8.78 Å². The fourth-order valence-electron chi connectivity index (χ4n) is 4.74. The molecule has 30 heavy (non-hydrogen) atoms. The number of hydrogen-bond donors (Lipinski definition) is 0. The molecule has 0 fully saturated rings. The standard InChI is InChI=1S/C26H26F2O2/c1-16-22(21-11-10-20(30-3)15-26(21)28)12-17-8-9-19(29-2)14-24(17)23(16)13-18-6-4-5-7-25(18)27/h4-11,14-16,22-23H,12-13H2,1-3H3. The summed E-state index contributed by atoms with van der Waals surface area (Å²) in [5.74, 6) is 0.994. The van der Waals surface area contributed by atoms with Crippen molar-refractivity contribution in [2.75, 3.05) is 14.2 Å². The Hall–Kier alpha value is -2.88. The SMILES string of the molecule is COc1ccc(C2Cc3ccc(OC)cc3C(Cc3ccccc3F)C2C)c(F)c1. The second-order valence-corrected chi connectivity index (χ2v) is 8.02. The molecule has 3 atom stereocenters. The fraction of sp³-hybridized carbons (Fsp3) is 0.308. The molecule has 2 nitrogen and oxygen atoms in total. The van der Waals surface area contributed by atoms with Crippen molar-refractivity contribution in [2.24, 2.45) is 5.92 Å². The summed E-state index contributed by atoms with van der Waals surface area (Å²) in [5, 5.41) is 0. The summed E-state index contributed by atoms with van der Waals surface area (Å²) in [7, 11) is 3.18. The first kappa shape index (κ1) is 20.4. The van der Waals surface area contributed by atoms with Gasteiger partial charge in [0.1, 0.15) is 23.1 Å². The van der Waals surface area contributed by atoms with Crippen molar-refractivity contribution in [1.82, 2.24) is 0 Å². The average molecular weight is 408 g/mol. The zero-order valence-corrected chi connectivity index (χ0v) is 17.5. The van der Waals surface area contributed by atoms with Crippen LogP contribution in [0.1, 0.15) is 41.0 Å². The molecular formula is C26H26F2O2. The van der Waals surface area contributed by atoms with Crippen LogP contribution in [0, 0.1) is 17.6 Å². The summed E-state index contributed by atoms with van der Waals surface area (Å²) in [6.07, 6.45) is 1.29. The summed E-state index contributed by atoms with van der Waals surface area (Å²) in [6.45, 7) is 2.14. The van der Waals surface area contributed by atoms with Crippen LogP contribution in [0.15, 0.2) is 60.7 Å². The Labute approximate surface area is 176 Å². The van der Waals surface area contributed by atoms with Crippen molar-refractivity contribution in [1.29, 1.82) is 0 Å².